The van der Waals surface area contributed by atoms with Crippen LogP contribution in [0.15, 0.2) is 48.5 Å². The van der Waals surface area contributed by atoms with Gasteiger partial charge in [0, 0.05) is 18.7 Å². The van der Waals surface area contributed by atoms with Crippen LogP contribution in [0.1, 0.15) is 29.3 Å². The van der Waals surface area contributed by atoms with E-state index in [9.17, 15) is 18.4 Å². The van der Waals surface area contributed by atoms with Crippen LogP contribution in [0.3, 0.4) is 0 Å². The molecule has 0 fully saturated rings. The minimum Gasteiger partial charge on any atom is -0.466 e. The molecule has 0 saturated carbocycles. The highest BCUT2D eigenvalue weighted by Gasteiger charge is 2.19. The van der Waals surface area contributed by atoms with Gasteiger partial charge in [0.25, 0.3) is 5.91 Å². The Morgan fingerprint density at radius 3 is 2.40 bits per heavy atom. The van der Waals surface area contributed by atoms with Gasteiger partial charge in [-0.1, -0.05) is 30.3 Å². The number of ether oxygens (including phenoxy) is 1. The Bertz CT molecular complexity index is 735. The van der Waals surface area contributed by atoms with E-state index in [1.807, 2.05) is 30.3 Å². The summed E-state index contributed by atoms with van der Waals surface area (Å²) in [5.41, 5.74) is 0.890. The van der Waals surface area contributed by atoms with Crippen LogP contribution in [0.4, 0.5) is 8.78 Å². The molecule has 0 unspecified atom stereocenters. The lowest BCUT2D eigenvalue weighted by molar-refractivity contribution is -0.143. The van der Waals surface area contributed by atoms with Gasteiger partial charge in [0.2, 0.25) is 0 Å². The molecule has 0 atom stereocenters. The van der Waals surface area contributed by atoms with E-state index in [0.29, 0.717) is 0 Å². The topological polar surface area (TPSA) is 46.6 Å². The van der Waals surface area contributed by atoms with Gasteiger partial charge in [-0.3, -0.25) is 9.59 Å². The number of carbonyl (C=O) groups excluding carboxylic acids is 2. The van der Waals surface area contributed by atoms with Gasteiger partial charge in [0.15, 0.2) is 11.6 Å². The Balaban J connectivity index is 2.18. The highest BCUT2D eigenvalue weighted by Crippen LogP contribution is 2.14. The molecule has 0 saturated heterocycles. The zero-order valence-electron chi connectivity index (χ0n) is 13.9. The summed E-state index contributed by atoms with van der Waals surface area (Å²) < 4.78 is 31.4. The van der Waals surface area contributed by atoms with E-state index in [1.54, 1.807) is 6.92 Å². The number of halogens is 2. The van der Waals surface area contributed by atoms with Crippen LogP contribution in [0.2, 0.25) is 0 Å². The first kappa shape index (κ1) is 18.6. The summed E-state index contributed by atoms with van der Waals surface area (Å²) in [6.45, 7) is 2.32. The molecule has 0 bridgehead atoms. The predicted molar refractivity (Wildman–Crippen MR) is 88.8 cm³/mol. The van der Waals surface area contributed by atoms with Crippen LogP contribution in [0.5, 0.6) is 0 Å². The van der Waals surface area contributed by atoms with Gasteiger partial charge in [-0.05, 0) is 30.7 Å². The predicted octanol–water partition coefficient (Wildman–Crippen LogP) is 3.56. The van der Waals surface area contributed by atoms with Gasteiger partial charge in [-0.25, -0.2) is 8.78 Å². The molecule has 0 aliphatic carbocycles. The zero-order chi connectivity index (χ0) is 18.2. The quantitative estimate of drug-likeness (QED) is 0.720. The standard InChI is InChI=1S/C19H19F2NO3/c1-2-25-18(23)10-11-22(13-14-6-4-3-5-7-14)19(24)15-8-9-16(20)17(21)12-15/h3-9,12H,2,10-11,13H2,1H3. The van der Waals surface area contributed by atoms with Gasteiger partial charge in [0.1, 0.15) is 0 Å². The van der Waals surface area contributed by atoms with Crippen molar-refractivity contribution in [3.8, 4) is 0 Å². The number of esters is 1. The monoisotopic (exact) mass is 347 g/mol. The third kappa shape index (κ3) is 5.38. The first-order chi connectivity index (χ1) is 12.0. The summed E-state index contributed by atoms with van der Waals surface area (Å²) in [5.74, 6) is -3.00. The van der Waals surface area contributed by atoms with Crippen molar-refractivity contribution in [3.05, 3.63) is 71.3 Å². The second kappa shape index (κ2) is 8.92. The molecular weight excluding hydrogens is 328 g/mol. The maximum atomic E-state index is 13.4. The van der Waals surface area contributed by atoms with Crippen molar-refractivity contribution in [1.82, 2.24) is 4.90 Å². The Labute approximate surface area is 145 Å². The van der Waals surface area contributed by atoms with Crippen molar-refractivity contribution in [2.75, 3.05) is 13.2 Å². The van der Waals surface area contributed by atoms with Crippen LogP contribution >= 0.6 is 0 Å². The lowest BCUT2D eigenvalue weighted by Gasteiger charge is -2.22. The molecule has 0 aliphatic heterocycles. The van der Waals surface area contributed by atoms with E-state index in [2.05, 4.69) is 0 Å². The van der Waals surface area contributed by atoms with Crippen molar-refractivity contribution >= 4 is 11.9 Å². The van der Waals surface area contributed by atoms with Gasteiger partial charge >= 0.3 is 5.97 Å². The molecule has 0 heterocycles. The maximum Gasteiger partial charge on any atom is 0.307 e. The number of rotatable bonds is 7. The van der Waals surface area contributed by atoms with Crippen LogP contribution in [-0.4, -0.2) is 29.9 Å². The van der Waals surface area contributed by atoms with Gasteiger partial charge in [-0.2, -0.15) is 0 Å². The fourth-order valence-corrected chi connectivity index (χ4v) is 2.33. The lowest BCUT2D eigenvalue weighted by Crippen LogP contribution is -2.33. The summed E-state index contributed by atoms with van der Waals surface area (Å²) >= 11 is 0. The van der Waals surface area contributed by atoms with Gasteiger partial charge < -0.3 is 9.64 Å². The smallest absolute Gasteiger partial charge is 0.307 e. The van der Waals surface area contributed by atoms with Crippen molar-refractivity contribution in [3.63, 3.8) is 0 Å². The van der Waals surface area contributed by atoms with Crippen molar-refractivity contribution in [2.24, 2.45) is 0 Å². The minimum atomic E-state index is -1.09. The molecular formula is C19H19F2NO3. The molecule has 4 nitrogen and oxygen atoms in total. The highest BCUT2D eigenvalue weighted by molar-refractivity contribution is 5.94. The molecule has 0 spiro atoms. The zero-order valence-corrected chi connectivity index (χ0v) is 13.9. The average Bonchev–Trinajstić information content (AvgIpc) is 2.61. The third-order valence-electron chi connectivity index (χ3n) is 3.56. The molecule has 0 radical (unpaired) electrons. The van der Waals surface area contributed by atoms with E-state index < -0.39 is 23.5 Å². The number of amides is 1. The Morgan fingerprint density at radius 1 is 1.04 bits per heavy atom. The molecule has 6 heteroatoms. The van der Waals surface area contributed by atoms with E-state index >= 15 is 0 Å². The molecule has 0 N–H and O–H groups in total. The van der Waals surface area contributed by atoms with Crippen molar-refractivity contribution < 1.29 is 23.1 Å². The number of benzene rings is 2. The van der Waals surface area contributed by atoms with E-state index in [0.717, 1.165) is 17.7 Å². The molecule has 25 heavy (non-hydrogen) atoms. The molecule has 2 aromatic carbocycles. The number of hydrogen-bond donors (Lipinski definition) is 0. The number of hydrogen-bond acceptors (Lipinski definition) is 3. The SMILES string of the molecule is CCOC(=O)CCN(Cc1ccccc1)C(=O)c1ccc(F)c(F)c1. The summed E-state index contributed by atoms with van der Waals surface area (Å²) in [5, 5.41) is 0. The van der Waals surface area contributed by atoms with E-state index in [1.165, 1.54) is 11.0 Å². The van der Waals surface area contributed by atoms with Crippen LogP contribution < -0.4 is 0 Å². The Kier molecular flexibility index (Phi) is 6.62. The Hall–Kier alpha value is -2.76. The minimum absolute atomic E-state index is 0.0239. The van der Waals surface area contributed by atoms with Crippen molar-refractivity contribution in [2.45, 2.75) is 19.9 Å². The highest BCUT2D eigenvalue weighted by atomic mass is 19.2. The maximum absolute atomic E-state index is 13.4. The first-order valence-corrected chi connectivity index (χ1v) is 7.95. The lowest BCUT2D eigenvalue weighted by atomic mass is 10.1. The molecule has 1 amide bonds. The summed E-state index contributed by atoms with van der Waals surface area (Å²) in [4.78, 5) is 25.7. The second-order valence-corrected chi connectivity index (χ2v) is 5.40. The van der Waals surface area contributed by atoms with E-state index in [-0.39, 0.29) is 31.7 Å². The Morgan fingerprint density at radius 2 is 1.76 bits per heavy atom. The first-order valence-electron chi connectivity index (χ1n) is 7.95. The fourth-order valence-electron chi connectivity index (χ4n) is 2.33. The largest absolute Gasteiger partial charge is 0.466 e. The molecule has 0 aromatic heterocycles. The summed E-state index contributed by atoms with van der Waals surface area (Å²) in [6.07, 6.45) is 0.0239. The molecule has 2 aromatic rings. The van der Waals surface area contributed by atoms with Crippen molar-refractivity contribution in [1.29, 1.82) is 0 Å². The molecule has 132 valence electrons. The second-order valence-electron chi connectivity index (χ2n) is 5.40. The molecule has 2 rings (SSSR count). The van der Waals surface area contributed by atoms with Crippen LogP contribution in [0, 0.1) is 11.6 Å². The fraction of sp³-hybridized carbons (Fsp3) is 0.263. The van der Waals surface area contributed by atoms with E-state index in [4.69, 9.17) is 4.74 Å². The van der Waals surface area contributed by atoms with Crippen LogP contribution in [-0.2, 0) is 16.1 Å². The van der Waals surface area contributed by atoms with Gasteiger partial charge in [0.05, 0.1) is 13.0 Å². The number of nitrogens with zero attached hydrogens (tertiary/aromatic N) is 1. The summed E-state index contributed by atoms with van der Waals surface area (Å²) in [7, 11) is 0. The molecule has 0 aliphatic rings. The van der Waals surface area contributed by atoms with Gasteiger partial charge in [-0.15, -0.1) is 0 Å². The number of carbonyl (C=O) groups is 2. The van der Waals surface area contributed by atoms with Crippen LogP contribution in [0.25, 0.3) is 0 Å². The third-order valence-corrected chi connectivity index (χ3v) is 3.56. The average molecular weight is 347 g/mol. The normalized spacial score (nSPS) is 10.4. The summed E-state index contributed by atoms with van der Waals surface area (Å²) in [6, 6.07) is 12.2.